The predicted molar refractivity (Wildman–Crippen MR) is 170 cm³/mol. The summed E-state index contributed by atoms with van der Waals surface area (Å²) in [5, 5.41) is 18.9. The van der Waals surface area contributed by atoms with E-state index < -0.39 is 5.97 Å². The molecule has 10 heteroatoms. The van der Waals surface area contributed by atoms with E-state index in [1.165, 1.54) is 66.4 Å². The molecule has 0 spiro atoms. The lowest BCUT2D eigenvalue weighted by atomic mass is 10.1. The first-order valence-electron chi connectivity index (χ1n) is 14.0. The molecular weight excluding hydrogens is 553 g/mol. The van der Waals surface area contributed by atoms with Gasteiger partial charge in [0.15, 0.2) is 0 Å². The normalized spacial score (nSPS) is 11.6. The smallest absolute Gasteiger partial charge is 0.330 e. The largest absolute Gasteiger partial charge is 0.461 e. The van der Waals surface area contributed by atoms with Gasteiger partial charge in [0.1, 0.15) is 16.4 Å². The van der Waals surface area contributed by atoms with Crippen LogP contribution in [0.25, 0.3) is 9.53 Å². The van der Waals surface area contributed by atoms with E-state index in [-0.39, 0.29) is 0 Å². The van der Waals surface area contributed by atoms with Gasteiger partial charge in [0.05, 0.1) is 22.6 Å². The first kappa shape index (κ1) is 30.2. The van der Waals surface area contributed by atoms with Crippen LogP contribution in [0.4, 0.5) is 27.2 Å². The molecule has 0 saturated carbocycles. The standard InChI is InChI=1S/C31H36N6O2S2/c1-4-7-8-9-10-11-23-12-14-24(15-13-23)33-35-28-22-27-30(41-28)32-31(40-27)36-34-25-16-18-26(19-17-25)37(6-3)20-21-39-29(38)5-2/h5,12-19,22H,2,4,6-11,20-21H2,1,3H3. The van der Waals surface area contributed by atoms with E-state index in [9.17, 15) is 4.79 Å². The number of nitrogens with zero attached hydrogens (tertiary/aromatic N) is 6. The molecule has 0 saturated heterocycles. The van der Waals surface area contributed by atoms with Crippen LogP contribution in [0, 0.1) is 0 Å². The van der Waals surface area contributed by atoms with Gasteiger partial charge >= 0.3 is 5.97 Å². The highest BCUT2D eigenvalue weighted by molar-refractivity contribution is 7.30. The molecule has 0 aliphatic carbocycles. The van der Waals surface area contributed by atoms with Gasteiger partial charge in [-0.2, -0.15) is 0 Å². The molecule has 8 nitrogen and oxygen atoms in total. The van der Waals surface area contributed by atoms with Gasteiger partial charge in [0, 0.05) is 18.3 Å². The van der Waals surface area contributed by atoms with Crippen LogP contribution in [-0.2, 0) is 16.0 Å². The Balaban J connectivity index is 1.29. The minimum Gasteiger partial charge on any atom is -0.461 e. The Bertz CT molecular complexity index is 1430. The number of ether oxygens (including phenoxy) is 1. The Morgan fingerprint density at radius 1 is 0.927 bits per heavy atom. The van der Waals surface area contributed by atoms with Gasteiger partial charge in [-0.25, -0.2) is 9.78 Å². The number of azo groups is 2. The maximum atomic E-state index is 11.3. The maximum absolute atomic E-state index is 11.3. The maximum Gasteiger partial charge on any atom is 0.330 e. The summed E-state index contributed by atoms with van der Waals surface area (Å²) in [5.41, 5.74) is 3.96. The van der Waals surface area contributed by atoms with Crippen LogP contribution in [0.5, 0.6) is 0 Å². The zero-order valence-corrected chi connectivity index (χ0v) is 25.3. The van der Waals surface area contributed by atoms with Gasteiger partial charge in [-0.15, -0.1) is 20.5 Å². The molecule has 2 aromatic heterocycles. The Labute approximate surface area is 249 Å². The molecule has 0 fully saturated rings. The number of carbonyl (C=O) groups is 1. The van der Waals surface area contributed by atoms with Crippen molar-refractivity contribution >= 4 is 65.4 Å². The fourth-order valence-corrected chi connectivity index (χ4v) is 6.04. The van der Waals surface area contributed by atoms with E-state index in [2.05, 4.69) is 62.9 Å². The SMILES string of the molecule is C=CC(=O)OCCN(CC)c1ccc(N=Nc2nc3sc(N=Nc4ccc(CCCCCCC)cc4)cc3s2)cc1. The van der Waals surface area contributed by atoms with E-state index in [1.54, 1.807) is 0 Å². The summed E-state index contributed by atoms with van der Waals surface area (Å²) in [6.07, 6.45) is 8.76. The van der Waals surface area contributed by atoms with Crippen LogP contribution < -0.4 is 4.90 Å². The van der Waals surface area contributed by atoms with Gasteiger partial charge in [-0.05, 0) is 67.8 Å². The average Bonchev–Trinajstić information content (AvgIpc) is 3.56. The van der Waals surface area contributed by atoms with Crippen molar-refractivity contribution in [1.82, 2.24) is 4.98 Å². The third-order valence-electron chi connectivity index (χ3n) is 6.45. The lowest BCUT2D eigenvalue weighted by molar-refractivity contribution is -0.137. The van der Waals surface area contributed by atoms with Crippen molar-refractivity contribution < 1.29 is 9.53 Å². The number of likely N-dealkylation sites (N-methyl/N-ethyl adjacent to an activating group) is 1. The van der Waals surface area contributed by atoms with Crippen LogP contribution in [0.3, 0.4) is 0 Å². The number of benzene rings is 2. The van der Waals surface area contributed by atoms with E-state index in [1.807, 2.05) is 42.5 Å². The van der Waals surface area contributed by atoms with E-state index >= 15 is 0 Å². The summed E-state index contributed by atoms with van der Waals surface area (Å²) in [4.78, 5) is 18.8. The molecule has 0 aliphatic rings. The van der Waals surface area contributed by atoms with Crippen molar-refractivity contribution in [3.63, 3.8) is 0 Å². The van der Waals surface area contributed by atoms with Crippen molar-refractivity contribution in [2.75, 3.05) is 24.6 Å². The zero-order valence-electron chi connectivity index (χ0n) is 23.7. The second kappa shape index (κ2) is 15.9. The van der Waals surface area contributed by atoms with Gasteiger partial charge in [-0.3, -0.25) is 0 Å². The van der Waals surface area contributed by atoms with Crippen molar-refractivity contribution in [3.05, 3.63) is 72.8 Å². The van der Waals surface area contributed by atoms with Crippen molar-refractivity contribution in [2.45, 2.75) is 52.4 Å². The fourth-order valence-electron chi connectivity index (χ4n) is 4.19. The molecule has 0 aliphatic heterocycles. The Hall–Kier alpha value is -3.76. The molecule has 2 heterocycles. The van der Waals surface area contributed by atoms with E-state index in [0.717, 1.165) is 44.6 Å². The van der Waals surface area contributed by atoms with E-state index in [0.29, 0.717) is 18.3 Å². The topological polar surface area (TPSA) is 91.9 Å². The fraction of sp³-hybridized carbons (Fsp3) is 0.355. The van der Waals surface area contributed by atoms with E-state index in [4.69, 9.17) is 4.74 Å². The number of esters is 1. The number of anilines is 1. The zero-order chi connectivity index (χ0) is 28.9. The van der Waals surface area contributed by atoms with Crippen molar-refractivity contribution in [3.8, 4) is 0 Å². The first-order chi connectivity index (χ1) is 20.1. The highest BCUT2D eigenvalue weighted by Crippen LogP contribution is 2.39. The number of aromatic nitrogens is 1. The minimum atomic E-state index is -0.413. The third-order valence-corrected chi connectivity index (χ3v) is 8.38. The summed E-state index contributed by atoms with van der Waals surface area (Å²) < 4.78 is 6.11. The lowest BCUT2D eigenvalue weighted by Gasteiger charge is -2.22. The average molecular weight is 589 g/mol. The molecule has 2 aromatic carbocycles. The quantitative estimate of drug-likeness (QED) is 0.0563. The Morgan fingerprint density at radius 3 is 2.32 bits per heavy atom. The predicted octanol–water partition coefficient (Wildman–Crippen LogP) is 10.3. The summed E-state index contributed by atoms with van der Waals surface area (Å²) in [6.45, 7) is 9.40. The van der Waals surface area contributed by atoms with Gasteiger partial charge in [-0.1, -0.05) is 74.0 Å². The molecule has 4 rings (SSSR count). The van der Waals surface area contributed by atoms with Gasteiger partial charge in [0.2, 0.25) is 5.13 Å². The van der Waals surface area contributed by atoms with Crippen LogP contribution in [-0.4, -0.2) is 30.6 Å². The molecule has 0 atom stereocenters. The second-order valence-electron chi connectivity index (χ2n) is 9.45. The van der Waals surface area contributed by atoms with Crippen LogP contribution in [0.2, 0.25) is 0 Å². The Morgan fingerprint density at radius 2 is 1.63 bits per heavy atom. The van der Waals surface area contributed by atoms with Crippen LogP contribution in [0.15, 0.2) is 87.7 Å². The molecule has 0 amide bonds. The Kier molecular flexibility index (Phi) is 11.7. The number of thiazole rings is 1. The summed E-state index contributed by atoms with van der Waals surface area (Å²) in [5.74, 6) is -0.413. The molecule has 214 valence electrons. The lowest BCUT2D eigenvalue weighted by Crippen LogP contribution is -2.27. The molecule has 0 bridgehead atoms. The molecule has 41 heavy (non-hydrogen) atoms. The molecular formula is C31H36N6O2S2. The highest BCUT2D eigenvalue weighted by Gasteiger charge is 2.09. The number of carbonyl (C=O) groups excluding carboxylic acids is 1. The van der Waals surface area contributed by atoms with Gasteiger partial charge < -0.3 is 9.64 Å². The van der Waals surface area contributed by atoms with Crippen molar-refractivity contribution in [1.29, 1.82) is 0 Å². The minimum absolute atomic E-state index is 0.302. The molecule has 4 aromatic rings. The molecule has 0 radical (unpaired) electrons. The van der Waals surface area contributed by atoms with Gasteiger partial charge in [0.25, 0.3) is 0 Å². The molecule has 0 N–H and O–H groups in total. The third kappa shape index (κ3) is 9.40. The number of unbranched alkanes of at least 4 members (excludes halogenated alkanes) is 4. The summed E-state index contributed by atoms with van der Waals surface area (Å²) in [7, 11) is 0. The second-order valence-corrected chi connectivity index (χ2v) is 11.5. The highest BCUT2D eigenvalue weighted by atomic mass is 32.1. The number of rotatable bonds is 16. The number of aryl methyl sites for hydroxylation is 1. The van der Waals surface area contributed by atoms with Crippen LogP contribution in [0.1, 0.15) is 51.5 Å². The summed E-state index contributed by atoms with van der Waals surface area (Å²) >= 11 is 2.97. The number of fused-ring (bicyclic) bond motifs is 1. The number of hydrogen-bond acceptors (Lipinski definition) is 10. The number of hydrogen-bond donors (Lipinski definition) is 0. The summed E-state index contributed by atoms with van der Waals surface area (Å²) in [6, 6.07) is 18.1. The molecule has 0 unspecified atom stereocenters. The van der Waals surface area contributed by atoms with Crippen molar-refractivity contribution in [2.24, 2.45) is 20.5 Å². The number of thiophene rings is 1. The van der Waals surface area contributed by atoms with Crippen LogP contribution >= 0.6 is 22.7 Å². The monoisotopic (exact) mass is 588 g/mol. The first-order valence-corrected chi connectivity index (χ1v) is 15.7.